The first-order valence-electron chi connectivity index (χ1n) is 6.74. The van der Waals surface area contributed by atoms with Crippen LogP contribution in [0.1, 0.15) is 25.8 Å². The fourth-order valence-electron chi connectivity index (χ4n) is 1.80. The Morgan fingerprint density at radius 3 is 2.40 bits per heavy atom. The summed E-state index contributed by atoms with van der Waals surface area (Å²) < 4.78 is 17.6. The Labute approximate surface area is 118 Å². The van der Waals surface area contributed by atoms with Crippen molar-refractivity contribution in [2.24, 2.45) is 0 Å². The fourth-order valence-corrected chi connectivity index (χ4v) is 1.80. The van der Waals surface area contributed by atoms with Crippen LogP contribution >= 0.6 is 0 Å². The van der Waals surface area contributed by atoms with Crippen LogP contribution in [0.25, 0.3) is 0 Å². The Balaban J connectivity index is 2.46. The van der Waals surface area contributed by atoms with Gasteiger partial charge in [-0.05, 0) is 38.0 Å². The van der Waals surface area contributed by atoms with Crippen LogP contribution in [0, 0.1) is 5.82 Å². The zero-order valence-electron chi connectivity index (χ0n) is 11.9. The van der Waals surface area contributed by atoms with Gasteiger partial charge < -0.3 is 9.64 Å². The Kier molecular flexibility index (Phi) is 6.70. The van der Waals surface area contributed by atoms with Gasteiger partial charge in [0.1, 0.15) is 12.4 Å². The van der Waals surface area contributed by atoms with Crippen LogP contribution in [-0.4, -0.2) is 36.5 Å². The Morgan fingerprint density at radius 2 is 1.85 bits per heavy atom. The summed E-state index contributed by atoms with van der Waals surface area (Å²) in [6.07, 6.45) is 0.817. The van der Waals surface area contributed by atoms with E-state index in [2.05, 4.69) is 0 Å². The third-order valence-electron chi connectivity index (χ3n) is 2.90. The number of aryl methyl sites for hydroxylation is 1. The quantitative estimate of drug-likeness (QED) is 0.720. The number of hydrogen-bond donors (Lipinski definition) is 0. The molecule has 0 saturated carbocycles. The number of halogens is 1. The molecule has 0 aliphatic rings. The number of rotatable bonds is 7. The van der Waals surface area contributed by atoms with Crippen LogP contribution in [0.5, 0.6) is 0 Å². The zero-order chi connectivity index (χ0) is 15.0. The summed E-state index contributed by atoms with van der Waals surface area (Å²) >= 11 is 0. The molecule has 4 nitrogen and oxygen atoms in total. The summed E-state index contributed by atoms with van der Waals surface area (Å²) in [6, 6.07) is 6.06. The lowest BCUT2D eigenvalue weighted by Crippen LogP contribution is -2.36. The van der Waals surface area contributed by atoms with Crippen molar-refractivity contribution in [3.63, 3.8) is 0 Å². The lowest BCUT2D eigenvalue weighted by molar-refractivity contribution is -0.148. The highest BCUT2D eigenvalue weighted by Gasteiger charge is 2.15. The van der Waals surface area contributed by atoms with Gasteiger partial charge in [-0.2, -0.15) is 0 Å². The maximum Gasteiger partial charge on any atom is 0.325 e. The summed E-state index contributed by atoms with van der Waals surface area (Å²) in [5.41, 5.74) is 0.895. The summed E-state index contributed by atoms with van der Waals surface area (Å²) in [6.45, 7) is 4.29. The van der Waals surface area contributed by atoms with E-state index in [4.69, 9.17) is 4.74 Å². The predicted octanol–water partition coefficient (Wildman–Crippen LogP) is 2.17. The molecule has 110 valence electrons. The summed E-state index contributed by atoms with van der Waals surface area (Å²) in [5, 5.41) is 0. The summed E-state index contributed by atoms with van der Waals surface area (Å²) in [4.78, 5) is 24.8. The molecule has 0 aromatic heterocycles. The smallest absolute Gasteiger partial charge is 0.325 e. The van der Waals surface area contributed by atoms with Crippen LogP contribution in [0.15, 0.2) is 24.3 Å². The van der Waals surface area contributed by atoms with Gasteiger partial charge in [0.2, 0.25) is 5.91 Å². The van der Waals surface area contributed by atoms with Crippen LogP contribution in [-0.2, 0) is 20.7 Å². The van der Waals surface area contributed by atoms with E-state index in [1.807, 2.05) is 6.92 Å². The molecule has 1 rings (SSSR count). The number of carbonyl (C=O) groups is 2. The second-order valence-electron chi connectivity index (χ2n) is 4.34. The van der Waals surface area contributed by atoms with Crippen LogP contribution < -0.4 is 0 Å². The number of hydrogen-bond acceptors (Lipinski definition) is 3. The summed E-state index contributed by atoms with van der Waals surface area (Å²) in [5.74, 6) is -0.799. The van der Waals surface area contributed by atoms with E-state index in [1.54, 1.807) is 19.1 Å². The molecule has 1 aromatic rings. The summed E-state index contributed by atoms with van der Waals surface area (Å²) in [7, 11) is 0. The van der Waals surface area contributed by atoms with Crippen molar-refractivity contribution in [3.8, 4) is 0 Å². The van der Waals surface area contributed by atoms with Gasteiger partial charge in [-0.1, -0.05) is 12.1 Å². The monoisotopic (exact) mass is 281 g/mol. The Bertz CT molecular complexity index is 445. The Hall–Kier alpha value is -1.91. The zero-order valence-corrected chi connectivity index (χ0v) is 11.9. The van der Waals surface area contributed by atoms with Crippen molar-refractivity contribution < 1.29 is 18.7 Å². The van der Waals surface area contributed by atoms with Gasteiger partial charge in [0.05, 0.1) is 6.61 Å². The number of likely N-dealkylation sites (N-methyl/N-ethyl adjacent to an activating group) is 1. The topological polar surface area (TPSA) is 46.6 Å². The molecule has 20 heavy (non-hydrogen) atoms. The molecule has 1 aromatic carbocycles. The molecule has 0 fully saturated rings. The van der Waals surface area contributed by atoms with E-state index in [1.165, 1.54) is 17.0 Å². The maximum atomic E-state index is 12.8. The highest BCUT2D eigenvalue weighted by Crippen LogP contribution is 2.07. The molecule has 5 heteroatoms. The SMILES string of the molecule is CCOC(=O)CN(CC)C(=O)CCc1ccc(F)cc1. The van der Waals surface area contributed by atoms with Gasteiger partial charge >= 0.3 is 5.97 Å². The first-order chi connectivity index (χ1) is 9.56. The molecular weight excluding hydrogens is 261 g/mol. The van der Waals surface area contributed by atoms with Gasteiger partial charge in [-0.25, -0.2) is 4.39 Å². The molecule has 0 N–H and O–H groups in total. The van der Waals surface area contributed by atoms with Crippen LogP contribution in [0.3, 0.4) is 0 Å². The number of esters is 1. The van der Waals surface area contributed by atoms with Gasteiger partial charge in [0.25, 0.3) is 0 Å². The van der Waals surface area contributed by atoms with E-state index in [0.29, 0.717) is 26.0 Å². The van der Waals surface area contributed by atoms with E-state index in [0.717, 1.165) is 5.56 Å². The second-order valence-corrected chi connectivity index (χ2v) is 4.34. The molecule has 0 aliphatic heterocycles. The van der Waals surface area contributed by atoms with Gasteiger partial charge in [0, 0.05) is 13.0 Å². The van der Waals surface area contributed by atoms with Gasteiger partial charge in [0.15, 0.2) is 0 Å². The van der Waals surface area contributed by atoms with Crippen molar-refractivity contribution in [1.82, 2.24) is 4.90 Å². The minimum atomic E-state index is -0.399. The van der Waals surface area contributed by atoms with E-state index < -0.39 is 5.97 Å². The maximum absolute atomic E-state index is 12.8. The lowest BCUT2D eigenvalue weighted by Gasteiger charge is -2.19. The normalized spacial score (nSPS) is 10.2. The third kappa shape index (κ3) is 5.38. The molecule has 0 spiro atoms. The van der Waals surface area contributed by atoms with E-state index in [-0.39, 0.29) is 18.3 Å². The molecule has 0 unspecified atom stereocenters. The average molecular weight is 281 g/mol. The largest absolute Gasteiger partial charge is 0.465 e. The molecule has 0 radical (unpaired) electrons. The van der Waals surface area contributed by atoms with Crippen molar-refractivity contribution >= 4 is 11.9 Å². The first kappa shape index (κ1) is 16.1. The van der Waals surface area contributed by atoms with Crippen molar-refractivity contribution in [2.45, 2.75) is 26.7 Å². The van der Waals surface area contributed by atoms with Crippen molar-refractivity contribution in [1.29, 1.82) is 0 Å². The van der Waals surface area contributed by atoms with Crippen LogP contribution in [0.4, 0.5) is 4.39 Å². The predicted molar refractivity (Wildman–Crippen MR) is 73.6 cm³/mol. The molecular formula is C15H20FNO3. The molecule has 0 heterocycles. The van der Waals surface area contributed by atoms with E-state index >= 15 is 0 Å². The number of amides is 1. The highest BCUT2D eigenvalue weighted by atomic mass is 19.1. The highest BCUT2D eigenvalue weighted by molar-refractivity contribution is 5.82. The second kappa shape index (κ2) is 8.30. The van der Waals surface area contributed by atoms with Gasteiger partial charge in [-0.3, -0.25) is 9.59 Å². The number of nitrogens with zero attached hydrogens (tertiary/aromatic N) is 1. The first-order valence-corrected chi connectivity index (χ1v) is 6.74. The Morgan fingerprint density at radius 1 is 1.20 bits per heavy atom. The van der Waals surface area contributed by atoms with E-state index in [9.17, 15) is 14.0 Å². The van der Waals surface area contributed by atoms with Gasteiger partial charge in [-0.15, -0.1) is 0 Å². The molecule has 0 aliphatic carbocycles. The third-order valence-corrected chi connectivity index (χ3v) is 2.90. The lowest BCUT2D eigenvalue weighted by atomic mass is 10.1. The molecule has 0 saturated heterocycles. The number of ether oxygens (including phenoxy) is 1. The van der Waals surface area contributed by atoms with Crippen molar-refractivity contribution in [2.75, 3.05) is 19.7 Å². The number of carbonyl (C=O) groups excluding carboxylic acids is 2. The fraction of sp³-hybridized carbons (Fsp3) is 0.467. The molecule has 1 amide bonds. The number of benzene rings is 1. The molecule has 0 atom stereocenters. The van der Waals surface area contributed by atoms with Crippen LogP contribution in [0.2, 0.25) is 0 Å². The molecule has 0 bridgehead atoms. The average Bonchev–Trinajstić information content (AvgIpc) is 2.44. The minimum absolute atomic E-state index is 0.0212. The van der Waals surface area contributed by atoms with Crippen molar-refractivity contribution in [3.05, 3.63) is 35.6 Å². The minimum Gasteiger partial charge on any atom is -0.465 e. The standard InChI is InChI=1S/C15H20FNO3/c1-3-17(11-15(19)20-4-2)14(18)10-7-12-5-8-13(16)9-6-12/h5-6,8-9H,3-4,7,10-11H2,1-2H3.